The summed E-state index contributed by atoms with van der Waals surface area (Å²) in [5.41, 5.74) is -3.51. The summed E-state index contributed by atoms with van der Waals surface area (Å²) in [4.78, 5) is 37.9. The van der Waals surface area contributed by atoms with Gasteiger partial charge in [0.05, 0.1) is 18.1 Å². The maximum Gasteiger partial charge on any atom is 0.351 e. The zero-order valence-corrected chi connectivity index (χ0v) is 23.2. The molecular weight excluding hydrogens is 515 g/mol. The van der Waals surface area contributed by atoms with Crippen LogP contribution in [0.4, 0.5) is 4.39 Å². The van der Waals surface area contributed by atoms with Crippen LogP contribution in [0.25, 0.3) is 0 Å². The van der Waals surface area contributed by atoms with Crippen LogP contribution < -0.4 is 0 Å². The number of rotatable bonds is 3. The molecule has 0 bridgehead atoms. The lowest BCUT2D eigenvalue weighted by molar-refractivity contribution is -0.199. The Balaban J connectivity index is 1.63. The molecule has 0 aliphatic heterocycles. The minimum absolute atomic E-state index is 0.00932. The summed E-state index contributed by atoms with van der Waals surface area (Å²) in [6.45, 7) is 8.72. The zero-order valence-electron chi connectivity index (χ0n) is 22.5. The normalized spacial score (nSPS) is 43.6. The van der Waals surface area contributed by atoms with Crippen LogP contribution in [0.2, 0.25) is 0 Å². The van der Waals surface area contributed by atoms with E-state index < -0.39 is 57.4 Å². The molecule has 9 heteroatoms. The molecule has 9 atom stereocenters. The summed E-state index contributed by atoms with van der Waals surface area (Å²) in [6, 6.07) is 1.56. The van der Waals surface area contributed by atoms with E-state index in [2.05, 4.69) is 0 Å². The first kappa shape index (κ1) is 27.1. The largest absolute Gasteiger partial charge is 0.466 e. The number of ketones is 1. The number of aliphatic hydroxyl groups excluding tert-OH is 1. The van der Waals surface area contributed by atoms with Crippen molar-refractivity contribution < 1.29 is 37.8 Å². The van der Waals surface area contributed by atoms with Gasteiger partial charge < -0.3 is 19.0 Å². The highest BCUT2D eigenvalue weighted by Crippen LogP contribution is 2.72. The predicted octanol–water partition coefficient (Wildman–Crippen LogP) is 4.80. The van der Waals surface area contributed by atoms with Crippen LogP contribution in [0, 0.1) is 42.4 Å². The number of aliphatic hydroxyl groups is 1. The molecule has 0 radical (unpaired) electrons. The Hall–Kier alpha value is -2.45. The van der Waals surface area contributed by atoms with Crippen molar-refractivity contribution in [1.82, 2.24) is 0 Å². The smallest absolute Gasteiger partial charge is 0.351 e. The van der Waals surface area contributed by atoms with Gasteiger partial charge in [-0.05, 0) is 68.7 Å². The standard InChI is InChI=1S/C29H34ClFO7/c1-14-9-19-20-12-22(31)21-11-17(32)7-8-26(21,4)28(20,30)23(33)13-27(19,5)29(14,25(35)36-6)38-24(34)18-10-15(2)37-16(18)3/h7-8,10-11,14,19-20,22-23,33H,9,12-13H2,1-6H3/t14-,19?,20?,22+,23+,26+,27+,28+,29+/m1/s1. The lowest BCUT2D eigenvalue weighted by Gasteiger charge is -2.64. The van der Waals surface area contributed by atoms with Gasteiger partial charge in [-0.2, -0.15) is 0 Å². The van der Waals surface area contributed by atoms with Crippen molar-refractivity contribution in [3.8, 4) is 0 Å². The highest BCUT2D eigenvalue weighted by Gasteiger charge is 2.78. The number of carbonyl (C=O) groups is 3. The third-order valence-electron chi connectivity index (χ3n) is 10.2. The first-order chi connectivity index (χ1) is 17.7. The second kappa shape index (κ2) is 8.52. The summed E-state index contributed by atoms with van der Waals surface area (Å²) in [7, 11) is 1.24. The first-order valence-corrected chi connectivity index (χ1v) is 13.4. The highest BCUT2D eigenvalue weighted by atomic mass is 35.5. The van der Waals surface area contributed by atoms with Crippen LogP contribution in [-0.4, -0.2) is 52.7 Å². The van der Waals surface area contributed by atoms with E-state index in [-0.39, 0.29) is 35.7 Å². The molecule has 206 valence electrons. The predicted molar refractivity (Wildman–Crippen MR) is 136 cm³/mol. The van der Waals surface area contributed by atoms with Crippen LogP contribution in [0.1, 0.15) is 61.9 Å². The van der Waals surface area contributed by atoms with E-state index in [1.165, 1.54) is 19.3 Å². The van der Waals surface area contributed by atoms with E-state index in [0.717, 1.165) is 0 Å². The molecule has 7 nitrogen and oxygen atoms in total. The van der Waals surface area contributed by atoms with Gasteiger partial charge in [0, 0.05) is 16.7 Å². The number of fused-ring (bicyclic) bond motifs is 5. The molecule has 0 amide bonds. The van der Waals surface area contributed by atoms with Crippen LogP contribution in [0.5, 0.6) is 0 Å². The topological polar surface area (TPSA) is 103 Å². The Morgan fingerprint density at radius 2 is 1.89 bits per heavy atom. The van der Waals surface area contributed by atoms with Gasteiger partial charge in [-0.3, -0.25) is 4.79 Å². The summed E-state index contributed by atoms with van der Waals surface area (Å²) >= 11 is 7.41. The molecule has 1 aromatic rings. The molecule has 0 aromatic carbocycles. The Bertz CT molecular complexity index is 1280. The molecule has 2 unspecified atom stereocenters. The number of hydrogen-bond donors (Lipinski definition) is 1. The number of allylic oxidation sites excluding steroid dienone is 4. The van der Waals surface area contributed by atoms with Crippen molar-refractivity contribution in [3.63, 3.8) is 0 Å². The second-order valence-electron chi connectivity index (χ2n) is 11.9. The van der Waals surface area contributed by atoms with Crippen LogP contribution in [-0.2, 0) is 19.1 Å². The van der Waals surface area contributed by atoms with Gasteiger partial charge in [-0.15, -0.1) is 11.6 Å². The van der Waals surface area contributed by atoms with E-state index in [1.807, 2.05) is 6.92 Å². The summed E-state index contributed by atoms with van der Waals surface area (Å²) in [5, 5.41) is 11.8. The quantitative estimate of drug-likeness (QED) is 0.427. The van der Waals surface area contributed by atoms with Crippen LogP contribution in [0.15, 0.2) is 34.3 Å². The summed E-state index contributed by atoms with van der Waals surface area (Å²) in [6.07, 6.45) is 1.99. The number of methoxy groups -OCH3 is 1. The van der Waals surface area contributed by atoms with Gasteiger partial charge in [-0.25, -0.2) is 14.0 Å². The van der Waals surface area contributed by atoms with E-state index in [1.54, 1.807) is 39.8 Å². The van der Waals surface area contributed by atoms with Crippen molar-refractivity contribution in [1.29, 1.82) is 0 Å². The zero-order chi connectivity index (χ0) is 28.0. The second-order valence-corrected chi connectivity index (χ2v) is 12.6. The molecule has 3 saturated carbocycles. The van der Waals surface area contributed by atoms with Crippen LogP contribution in [0.3, 0.4) is 0 Å². The fraction of sp³-hybridized carbons (Fsp3) is 0.621. The van der Waals surface area contributed by atoms with Crippen molar-refractivity contribution in [2.75, 3.05) is 7.11 Å². The van der Waals surface area contributed by atoms with Crippen molar-refractivity contribution in [2.24, 2.45) is 28.6 Å². The van der Waals surface area contributed by atoms with Gasteiger partial charge in [0.2, 0.25) is 5.60 Å². The number of furan rings is 1. The maximum absolute atomic E-state index is 15.8. The number of ether oxygens (including phenoxy) is 2. The molecule has 4 aliphatic rings. The Morgan fingerprint density at radius 3 is 2.50 bits per heavy atom. The Labute approximate surface area is 226 Å². The van der Waals surface area contributed by atoms with Crippen molar-refractivity contribution >= 4 is 29.3 Å². The number of halogens is 2. The SMILES string of the molecule is COC(=O)[C@@]1(OC(=O)c2cc(C)oc2C)[C@H](C)CC2C3C[C@H](F)C4=CC(=O)C=C[C@]4(C)[C@@]3(Cl)[C@@H](O)C[C@@]21C. The fourth-order valence-electron chi connectivity index (χ4n) is 8.40. The minimum atomic E-state index is -1.75. The van der Waals surface area contributed by atoms with Crippen molar-refractivity contribution in [3.05, 3.63) is 47.0 Å². The van der Waals surface area contributed by atoms with Crippen molar-refractivity contribution in [2.45, 2.75) is 76.6 Å². The molecule has 1 aromatic heterocycles. The molecular formula is C29H34ClFO7. The third-order valence-corrected chi connectivity index (χ3v) is 11.1. The average Bonchev–Trinajstić information content (AvgIpc) is 3.30. The molecule has 38 heavy (non-hydrogen) atoms. The number of hydrogen-bond acceptors (Lipinski definition) is 7. The molecule has 0 saturated heterocycles. The lowest BCUT2D eigenvalue weighted by Crippen LogP contribution is -2.70. The maximum atomic E-state index is 15.8. The minimum Gasteiger partial charge on any atom is -0.466 e. The number of alkyl halides is 2. The molecule has 1 heterocycles. The monoisotopic (exact) mass is 548 g/mol. The van der Waals surface area contributed by atoms with Gasteiger partial charge in [0.15, 0.2) is 5.78 Å². The number of aryl methyl sites for hydroxylation is 2. The highest BCUT2D eigenvalue weighted by molar-refractivity contribution is 6.26. The Kier molecular flexibility index (Phi) is 6.08. The molecule has 5 rings (SSSR count). The molecule has 4 aliphatic carbocycles. The lowest BCUT2D eigenvalue weighted by atomic mass is 9.45. The fourth-order valence-corrected chi connectivity index (χ4v) is 8.89. The van der Waals surface area contributed by atoms with Gasteiger partial charge in [-0.1, -0.05) is 26.8 Å². The van der Waals surface area contributed by atoms with Gasteiger partial charge in [0.1, 0.15) is 23.3 Å². The molecule has 3 fully saturated rings. The average molecular weight is 549 g/mol. The molecule has 0 spiro atoms. The summed E-state index contributed by atoms with van der Waals surface area (Å²) in [5.74, 6) is -2.37. The first-order valence-electron chi connectivity index (χ1n) is 13.0. The molecule has 1 N–H and O–H groups in total. The Morgan fingerprint density at radius 1 is 1.21 bits per heavy atom. The number of carbonyl (C=O) groups excluding carboxylic acids is 3. The summed E-state index contributed by atoms with van der Waals surface area (Å²) < 4.78 is 32.7. The van der Waals surface area contributed by atoms with E-state index in [4.69, 9.17) is 25.5 Å². The number of esters is 2. The van der Waals surface area contributed by atoms with Crippen LogP contribution >= 0.6 is 11.6 Å². The van der Waals surface area contributed by atoms with Gasteiger partial charge >= 0.3 is 11.9 Å². The van der Waals surface area contributed by atoms with E-state index in [0.29, 0.717) is 17.9 Å². The van der Waals surface area contributed by atoms with Gasteiger partial charge in [0.25, 0.3) is 0 Å². The van der Waals surface area contributed by atoms with E-state index >= 15 is 4.39 Å². The third kappa shape index (κ3) is 3.19. The van der Waals surface area contributed by atoms with E-state index in [9.17, 15) is 19.5 Å².